The van der Waals surface area contributed by atoms with Crippen molar-refractivity contribution in [1.29, 1.82) is 5.26 Å². The highest BCUT2D eigenvalue weighted by Crippen LogP contribution is 2.34. The number of aromatic nitrogens is 3. The third kappa shape index (κ3) is 7.59. The molecule has 0 fully saturated rings. The number of fused-ring (bicyclic) bond motifs is 3. The van der Waals surface area contributed by atoms with Crippen molar-refractivity contribution < 1.29 is 0 Å². The second kappa shape index (κ2) is 18.1. The zero-order chi connectivity index (χ0) is 46.9. The maximum Gasteiger partial charge on any atom is 0.235 e. The smallest absolute Gasteiger partial charge is 0.235 e. The van der Waals surface area contributed by atoms with Crippen molar-refractivity contribution in [2.24, 2.45) is 0 Å². The highest BCUT2D eigenvalue weighted by Gasteiger charge is 2.42. The van der Waals surface area contributed by atoms with Crippen molar-refractivity contribution in [3.63, 3.8) is 0 Å². The summed E-state index contributed by atoms with van der Waals surface area (Å²) in [4.78, 5) is 10.9. The van der Waals surface area contributed by atoms with Gasteiger partial charge in [-0.15, -0.1) is 0 Å². The van der Waals surface area contributed by atoms with E-state index < -0.39 is 8.07 Å². The number of hydrogen-bond donors (Lipinski definition) is 0. The zero-order valence-electron chi connectivity index (χ0n) is 38.2. The van der Waals surface area contributed by atoms with Gasteiger partial charge >= 0.3 is 0 Å². The summed E-state index contributed by atoms with van der Waals surface area (Å²) in [7, 11) is -3.26. The average Bonchev–Trinajstić information content (AvgIpc) is 3.78. The Kier molecular flexibility index (Phi) is 10.9. The van der Waals surface area contributed by atoms with Crippen LogP contribution in [0, 0.1) is 11.3 Å². The van der Waals surface area contributed by atoms with Crippen LogP contribution in [0.1, 0.15) is 5.56 Å². The maximum absolute atomic E-state index is 9.93. The number of para-hydroxylation sites is 1. The summed E-state index contributed by atoms with van der Waals surface area (Å²) < 4.78 is 2.14. The van der Waals surface area contributed by atoms with Crippen molar-refractivity contribution in [3.05, 3.63) is 272 Å². The minimum atomic E-state index is -3.26. The SMILES string of the molecule is N#Cc1ccc2c(c1)c1ccccc1n2-c1nc(-c2ccccc2)cc(-c2cccc([Si](c3cccc(-c4ccccc4)c3)(c3cccc(-c4ccccc4)c3)c3cccc(-c4ccccc4)c3)c2)n1. The van der Waals surface area contributed by atoms with Gasteiger partial charge in [0.05, 0.1) is 34.1 Å². The predicted octanol–water partition coefficient (Wildman–Crippen LogP) is 13.2. The quantitative estimate of drug-likeness (QED) is 0.101. The minimum Gasteiger partial charge on any atom is -0.278 e. The summed E-state index contributed by atoms with van der Waals surface area (Å²) in [6.45, 7) is 0. The lowest BCUT2D eigenvalue weighted by Gasteiger charge is -2.35. The molecule has 0 amide bonds. The van der Waals surface area contributed by atoms with E-state index in [-0.39, 0.29) is 0 Å². The Bertz CT molecular complexity index is 3700. The molecule has 328 valence electrons. The van der Waals surface area contributed by atoms with Gasteiger partial charge in [-0.2, -0.15) is 5.26 Å². The Morgan fingerprint density at radius 2 is 0.700 bits per heavy atom. The Labute approximate surface area is 408 Å². The van der Waals surface area contributed by atoms with Crippen molar-refractivity contribution in [2.45, 2.75) is 0 Å². The molecule has 0 saturated heterocycles. The monoisotopic (exact) mass is 908 g/mol. The molecule has 10 aromatic carbocycles. The molecule has 0 aliphatic carbocycles. The molecular weight excluding hydrogens is 865 g/mol. The van der Waals surface area contributed by atoms with E-state index in [1.807, 2.05) is 36.4 Å². The molecule has 2 heterocycles. The third-order valence-corrected chi connectivity index (χ3v) is 18.3. The van der Waals surface area contributed by atoms with Crippen LogP contribution < -0.4 is 20.7 Å². The van der Waals surface area contributed by atoms with E-state index in [0.717, 1.165) is 44.3 Å². The van der Waals surface area contributed by atoms with Gasteiger partial charge in [0, 0.05) is 21.9 Å². The van der Waals surface area contributed by atoms with Crippen LogP contribution in [-0.4, -0.2) is 22.6 Å². The molecule has 0 saturated carbocycles. The standard InChI is InChI=1S/C65H44N4Si/c66-45-46-37-38-64-60(39-46)59-35-13-14-36-63(59)69(64)65-67-61(50-25-11-4-12-26-50)44-62(68-65)54-30-18-34-58(43-54)70(55-31-15-27-51(40-55)47-19-5-1-6-20-47,56-32-16-28-52(41-56)48-21-7-2-8-22-48)57-33-17-29-53(42-57)49-23-9-3-10-24-49/h1-44H. The van der Waals surface area contributed by atoms with Crippen molar-refractivity contribution >= 4 is 50.6 Å². The van der Waals surface area contributed by atoms with Gasteiger partial charge in [-0.3, -0.25) is 4.57 Å². The predicted molar refractivity (Wildman–Crippen MR) is 292 cm³/mol. The Morgan fingerprint density at radius 3 is 1.19 bits per heavy atom. The fraction of sp³-hybridized carbons (Fsp3) is 0. The lowest BCUT2D eigenvalue weighted by atomic mass is 10.1. The summed E-state index contributed by atoms with van der Waals surface area (Å²) in [5.41, 5.74) is 13.2. The van der Waals surface area contributed by atoms with Gasteiger partial charge in [0.1, 0.15) is 0 Å². The number of hydrogen-bond acceptors (Lipinski definition) is 3. The normalized spacial score (nSPS) is 11.4. The van der Waals surface area contributed by atoms with Crippen molar-refractivity contribution in [3.8, 4) is 67.9 Å². The second-order valence-corrected chi connectivity index (χ2v) is 21.5. The van der Waals surface area contributed by atoms with E-state index in [4.69, 9.17) is 9.97 Å². The number of nitrogens with zero attached hydrogens (tertiary/aromatic N) is 4. The molecule has 0 aliphatic rings. The lowest BCUT2D eigenvalue weighted by Crippen LogP contribution is -2.74. The molecule has 0 spiro atoms. The molecule has 2 aromatic heterocycles. The second-order valence-electron chi connectivity index (χ2n) is 17.7. The molecule has 70 heavy (non-hydrogen) atoms. The number of rotatable bonds is 10. The highest BCUT2D eigenvalue weighted by molar-refractivity contribution is 7.20. The van der Waals surface area contributed by atoms with Gasteiger partial charge in [0.15, 0.2) is 8.07 Å². The van der Waals surface area contributed by atoms with E-state index in [0.29, 0.717) is 11.5 Å². The van der Waals surface area contributed by atoms with Crippen LogP contribution >= 0.6 is 0 Å². The van der Waals surface area contributed by atoms with Crippen LogP contribution in [-0.2, 0) is 0 Å². The molecule has 12 rings (SSSR count). The Balaban J connectivity index is 1.15. The number of nitriles is 1. The third-order valence-electron chi connectivity index (χ3n) is 13.6. The summed E-state index contributed by atoms with van der Waals surface area (Å²) in [6, 6.07) is 98.1. The van der Waals surface area contributed by atoms with Gasteiger partial charge in [-0.1, -0.05) is 237 Å². The van der Waals surface area contributed by atoms with E-state index in [1.165, 1.54) is 54.1 Å². The van der Waals surface area contributed by atoms with E-state index in [9.17, 15) is 5.26 Å². The van der Waals surface area contributed by atoms with E-state index in [1.54, 1.807) is 0 Å². The van der Waals surface area contributed by atoms with Gasteiger partial charge in [0.25, 0.3) is 0 Å². The first-order valence-corrected chi connectivity index (χ1v) is 25.6. The summed E-state index contributed by atoms with van der Waals surface area (Å²) >= 11 is 0. The molecule has 0 aliphatic heterocycles. The fourth-order valence-electron chi connectivity index (χ4n) is 10.3. The molecule has 0 N–H and O–H groups in total. The van der Waals surface area contributed by atoms with Gasteiger partial charge in [-0.25, -0.2) is 9.97 Å². The summed E-state index contributed by atoms with van der Waals surface area (Å²) in [5, 5.41) is 17.0. The molecular formula is C65H44N4Si. The molecule has 12 aromatic rings. The van der Waals surface area contributed by atoms with E-state index in [2.05, 4.69) is 241 Å². The zero-order valence-corrected chi connectivity index (χ0v) is 39.2. The molecule has 4 nitrogen and oxygen atoms in total. The molecule has 0 radical (unpaired) electrons. The molecule has 0 bridgehead atoms. The first kappa shape index (κ1) is 42.2. The first-order valence-electron chi connectivity index (χ1n) is 23.6. The molecule has 0 unspecified atom stereocenters. The molecule has 5 heteroatoms. The largest absolute Gasteiger partial charge is 0.278 e. The van der Waals surface area contributed by atoms with Crippen LogP contribution in [0.2, 0.25) is 0 Å². The maximum atomic E-state index is 9.93. The van der Waals surface area contributed by atoms with E-state index >= 15 is 0 Å². The minimum absolute atomic E-state index is 0.558. The average molecular weight is 909 g/mol. The number of benzene rings is 10. The first-order chi connectivity index (χ1) is 34.6. The van der Waals surface area contributed by atoms with Crippen LogP contribution in [0.5, 0.6) is 0 Å². The fourth-order valence-corrected chi connectivity index (χ4v) is 15.2. The van der Waals surface area contributed by atoms with Crippen molar-refractivity contribution in [2.75, 3.05) is 0 Å². The summed E-state index contributed by atoms with van der Waals surface area (Å²) in [6.07, 6.45) is 0. The lowest BCUT2D eigenvalue weighted by molar-refractivity contribution is 0.995. The van der Waals surface area contributed by atoms with Gasteiger partial charge < -0.3 is 0 Å². The summed E-state index contributed by atoms with van der Waals surface area (Å²) in [5.74, 6) is 0.558. The Hall–Kier alpha value is -9.21. The molecule has 0 atom stereocenters. The Morgan fingerprint density at radius 1 is 0.314 bits per heavy atom. The topological polar surface area (TPSA) is 54.5 Å². The van der Waals surface area contributed by atoms with Gasteiger partial charge in [0.2, 0.25) is 5.95 Å². The highest BCUT2D eigenvalue weighted by atomic mass is 28.3. The van der Waals surface area contributed by atoms with Crippen LogP contribution in [0.3, 0.4) is 0 Å². The van der Waals surface area contributed by atoms with Crippen LogP contribution in [0.4, 0.5) is 0 Å². The van der Waals surface area contributed by atoms with Gasteiger partial charge in [-0.05, 0) is 84.5 Å². The van der Waals surface area contributed by atoms with Crippen molar-refractivity contribution in [1.82, 2.24) is 14.5 Å². The van der Waals surface area contributed by atoms with Crippen LogP contribution in [0.15, 0.2) is 267 Å². The van der Waals surface area contributed by atoms with Crippen LogP contribution in [0.25, 0.3) is 83.6 Å².